The molecular formula is C13H18F3NO2. The van der Waals surface area contributed by atoms with Crippen LogP contribution in [-0.4, -0.2) is 35.1 Å². The SMILES string of the molecule is CC(CCc1ccc(O)cc1)NCC(O)C(F)(F)F. The third-order valence-electron chi connectivity index (χ3n) is 2.84. The standard InChI is InChI=1S/C13H18F3NO2/c1-9(17-8-12(19)13(14,15)16)2-3-10-4-6-11(18)7-5-10/h4-7,9,12,17-19H,2-3,8H2,1H3. The molecule has 2 atom stereocenters. The second kappa shape index (κ2) is 6.77. The molecule has 0 amide bonds. The van der Waals surface area contributed by atoms with Gasteiger partial charge in [0.1, 0.15) is 5.75 Å². The van der Waals surface area contributed by atoms with Gasteiger partial charge >= 0.3 is 6.18 Å². The molecule has 2 unspecified atom stereocenters. The molecule has 0 saturated heterocycles. The molecule has 0 aliphatic carbocycles. The molecule has 0 spiro atoms. The minimum Gasteiger partial charge on any atom is -0.508 e. The van der Waals surface area contributed by atoms with Crippen LogP contribution in [0.1, 0.15) is 18.9 Å². The Hall–Kier alpha value is -1.27. The molecule has 1 aromatic carbocycles. The summed E-state index contributed by atoms with van der Waals surface area (Å²) < 4.78 is 36.2. The van der Waals surface area contributed by atoms with Crippen LogP contribution in [0.2, 0.25) is 0 Å². The maximum Gasteiger partial charge on any atom is 0.415 e. The third-order valence-corrected chi connectivity index (χ3v) is 2.84. The van der Waals surface area contributed by atoms with E-state index in [0.717, 1.165) is 5.56 Å². The van der Waals surface area contributed by atoms with Gasteiger partial charge in [0.15, 0.2) is 6.10 Å². The summed E-state index contributed by atoms with van der Waals surface area (Å²) in [7, 11) is 0. The molecular weight excluding hydrogens is 259 g/mol. The predicted molar refractivity (Wildman–Crippen MR) is 66.0 cm³/mol. The van der Waals surface area contributed by atoms with Gasteiger partial charge in [0.25, 0.3) is 0 Å². The van der Waals surface area contributed by atoms with E-state index < -0.39 is 18.8 Å². The number of aromatic hydroxyl groups is 1. The summed E-state index contributed by atoms with van der Waals surface area (Å²) in [5, 5.41) is 20.6. The second-order valence-electron chi connectivity index (χ2n) is 4.57. The smallest absolute Gasteiger partial charge is 0.415 e. The van der Waals surface area contributed by atoms with Crippen LogP contribution in [0.3, 0.4) is 0 Å². The number of rotatable bonds is 6. The highest BCUT2D eigenvalue weighted by molar-refractivity contribution is 5.25. The van der Waals surface area contributed by atoms with Gasteiger partial charge in [-0.1, -0.05) is 12.1 Å². The van der Waals surface area contributed by atoms with E-state index in [1.807, 2.05) is 0 Å². The summed E-state index contributed by atoms with van der Waals surface area (Å²) in [6.07, 6.45) is -5.57. The monoisotopic (exact) mass is 277 g/mol. The number of aliphatic hydroxyl groups excluding tert-OH is 1. The topological polar surface area (TPSA) is 52.5 Å². The lowest BCUT2D eigenvalue weighted by Crippen LogP contribution is -2.41. The van der Waals surface area contributed by atoms with Crippen molar-refractivity contribution in [3.05, 3.63) is 29.8 Å². The fourth-order valence-electron chi connectivity index (χ4n) is 1.58. The van der Waals surface area contributed by atoms with Crippen LogP contribution in [0.5, 0.6) is 5.75 Å². The maximum absolute atomic E-state index is 12.1. The van der Waals surface area contributed by atoms with Crippen molar-refractivity contribution in [2.75, 3.05) is 6.54 Å². The molecule has 0 radical (unpaired) electrons. The minimum absolute atomic E-state index is 0.134. The fourth-order valence-corrected chi connectivity index (χ4v) is 1.58. The van der Waals surface area contributed by atoms with Gasteiger partial charge in [0.05, 0.1) is 0 Å². The zero-order valence-corrected chi connectivity index (χ0v) is 10.6. The van der Waals surface area contributed by atoms with Gasteiger partial charge < -0.3 is 15.5 Å². The van der Waals surface area contributed by atoms with Crippen molar-refractivity contribution in [1.82, 2.24) is 5.32 Å². The molecule has 3 nitrogen and oxygen atoms in total. The van der Waals surface area contributed by atoms with Crippen LogP contribution in [-0.2, 0) is 6.42 Å². The van der Waals surface area contributed by atoms with Gasteiger partial charge in [-0.05, 0) is 37.5 Å². The number of hydrogen-bond acceptors (Lipinski definition) is 3. The van der Waals surface area contributed by atoms with Crippen LogP contribution < -0.4 is 5.32 Å². The summed E-state index contributed by atoms with van der Waals surface area (Å²) in [5.41, 5.74) is 1.00. The van der Waals surface area contributed by atoms with Crippen LogP contribution in [0.15, 0.2) is 24.3 Å². The first-order valence-electron chi connectivity index (χ1n) is 6.05. The highest BCUT2D eigenvalue weighted by Crippen LogP contribution is 2.19. The quantitative estimate of drug-likeness (QED) is 0.747. The van der Waals surface area contributed by atoms with Crippen molar-refractivity contribution in [3.8, 4) is 5.75 Å². The number of halogens is 3. The Morgan fingerprint density at radius 1 is 1.21 bits per heavy atom. The van der Waals surface area contributed by atoms with Gasteiger partial charge in [0, 0.05) is 12.6 Å². The number of aliphatic hydroxyl groups is 1. The van der Waals surface area contributed by atoms with E-state index in [1.54, 1.807) is 31.2 Å². The summed E-state index contributed by atoms with van der Waals surface area (Å²) in [5.74, 6) is 0.184. The molecule has 0 bridgehead atoms. The molecule has 19 heavy (non-hydrogen) atoms. The Morgan fingerprint density at radius 3 is 2.32 bits per heavy atom. The molecule has 0 heterocycles. The lowest BCUT2D eigenvalue weighted by molar-refractivity contribution is -0.202. The average molecular weight is 277 g/mol. The number of nitrogens with one attached hydrogen (secondary N) is 1. The van der Waals surface area contributed by atoms with E-state index in [4.69, 9.17) is 10.2 Å². The van der Waals surface area contributed by atoms with Crippen LogP contribution in [0, 0.1) is 0 Å². The molecule has 108 valence electrons. The Balaban J connectivity index is 2.28. The van der Waals surface area contributed by atoms with Crippen molar-refractivity contribution < 1.29 is 23.4 Å². The second-order valence-corrected chi connectivity index (χ2v) is 4.57. The minimum atomic E-state index is -4.58. The Morgan fingerprint density at radius 2 is 1.79 bits per heavy atom. The normalized spacial score (nSPS) is 15.2. The van der Waals surface area contributed by atoms with Gasteiger partial charge in [0.2, 0.25) is 0 Å². The lowest BCUT2D eigenvalue weighted by atomic mass is 10.1. The molecule has 3 N–H and O–H groups in total. The number of benzene rings is 1. The average Bonchev–Trinajstić information content (AvgIpc) is 2.34. The van der Waals surface area contributed by atoms with E-state index in [9.17, 15) is 13.2 Å². The highest BCUT2D eigenvalue weighted by atomic mass is 19.4. The molecule has 0 aliphatic rings. The van der Waals surface area contributed by atoms with E-state index in [0.29, 0.717) is 12.8 Å². The fraction of sp³-hybridized carbons (Fsp3) is 0.538. The molecule has 0 aromatic heterocycles. The summed E-state index contributed by atoms with van der Waals surface area (Å²) in [4.78, 5) is 0. The van der Waals surface area contributed by atoms with Crippen molar-refractivity contribution in [2.45, 2.75) is 38.1 Å². The lowest BCUT2D eigenvalue weighted by Gasteiger charge is -2.19. The summed E-state index contributed by atoms with van der Waals surface area (Å²) in [6, 6.07) is 6.55. The maximum atomic E-state index is 12.1. The van der Waals surface area contributed by atoms with E-state index in [-0.39, 0.29) is 11.8 Å². The summed E-state index contributed by atoms with van der Waals surface area (Å²) >= 11 is 0. The van der Waals surface area contributed by atoms with Crippen LogP contribution >= 0.6 is 0 Å². The zero-order valence-electron chi connectivity index (χ0n) is 10.6. The van der Waals surface area contributed by atoms with Crippen molar-refractivity contribution in [3.63, 3.8) is 0 Å². The van der Waals surface area contributed by atoms with E-state index >= 15 is 0 Å². The third kappa shape index (κ3) is 5.94. The molecule has 1 rings (SSSR count). The van der Waals surface area contributed by atoms with Crippen LogP contribution in [0.25, 0.3) is 0 Å². The molecule has 0 aliphatic heterocycles. The molecule has 1 aromatic rings. The zero-order chi connectivity index (χ0) is 14.5. The number of phenolic OH excluding ortho intramolecular Hbond substituents is 1. The Bertz CT molecular complexity index is 378. The number of alkyl halides is 3. The number of hydrogen-bond donors (Lipinski definition) is 3. The predicted octanol–water partition coefficient (Wildman–Crippen LogP) is 2.23. The van der Waals surface area contributed by atoms with Gasteiger partial charge in [-0.2, -0.15) is 13.2 Å². The molecule has 0 saturated carbocycles. The summed E-state index contributed by atoms with van der Waals surface area (Å²) in [6.45, 7) is 1.27. The highest BCUT2D eigenvalue weighted by Gasteiger charge is 2.37. The number of phenols is 1. The van der Waals surface area contributed by atoms with Crippen molar-refractivity contribution in [1.29, 1.82) is 0 Å². The first kappa shape index (κ1) is 15.8. The van der Waals surface area contributed by atoms with Crippen molar-refractivity contribution >= 4 is 0 Å². The molecule has 6 heteroatoms. The van der Waals surface area contributed by atoms with Gasteiger partial charge in [-0.25, -0.2) is 0 Å². The Labute approximate surface area is 110 Å². The molecule has 0 fully saturated rings. The van der Waals surface area contributed by atoms with E-state index in [1.165, 1.54) is 0 Å². The first-order valence-corrected chi connectivity index (χ1v) is 6.05. The van der Waals surface area contributed by atoms with Gasteiger partial charge in [-0.3, -0.25) is 0 Å². The largest absolute Gasteiger partial charge is 0.508 e. The van der Waals surface area contributed by atoms with E-state index in [2.05, 4.69) is 5.32 Å². The van der Waals surface area contributed by atoms with Crippen molar-refractivity contribution in [2.24, 2.45) is 0 Å². The first-order chi connectivity index (χ1) is 8.79. The van der Waals surface area contributed by atoms with Gasteiger partial charge in [-0.15, -0.1) is 0 Å². The number of aryl methyl sites for hydroxylation is 1. The Kier molecular flexibility index (Phi) is 5.62. The van der Waals surface area contributed by atoms with Crippen LogP contribution in [0.4, 0.5) is 13.2 Å².